The van der Waals surface area contributed by atoms with E-state index in [4.69, 9.17) is 11.6 Å². The number of halogens is 1. The lowest BCUT2D eigenvalue weighted by atomic mass is 10.1. The van der Waals surface area contributed by atoms with Gasteiger partial charge in [-0.3, -0.25) is 0 Å². The van der Waals surface area contributed by atoms with E-state index >= 15 is 0 Å². The zero-order valence-corrected chi connectivity index (χ0v) is 17.0. The van der Waals surface area contributed by atoms with Crippen LogP contribution in [0.1, 0.15) is 39.5 Å². The first-order chi connectivity index (χ1) is 12.3. The van der Waals surface area contributed by atoms with E-state index in [1.165, 1.54) is 22.9 Å². The van der Waals surface area contributed by atoms with Crippen molar-refractivity contribution in [2.75, 3.05) is 26.2 Å². The molecule has 0 aromatic heterocycles. The SMILES string of the molecule is CCCCCC(C)NC(=O)N1CCN(S(=O)(=O)c2ccc(Cl)cc2)CC1. The Labute approximate surface area is 161 Å². The van der Waals surface area contributed by atoms with Gasteiger partial charge in [0.05, 0.1) is 4.90 Å². The average molecular weight is 402 g/mol. The third-order valence-corrected chi connectivity index (χ3v) is 6.75. The molecule has 146 valence electrons. The molecule has 2 rings (SSSR count). The summed E-state index contributed by atoms with van der Waals surface area (Å²) < 4.78 is 26.7. The van der Waals surface area contributed by atoms with Gasteiger partial charge in [0.1, 0.15) is 0 Å². The molecule has 1 N–H and O–H groups in total. The van der Waals surface area contributed by atoms with Crippen LogP contribution in [0.4, 0.5) is 4.79 Å². The molecule has 1 heterocycles. The molecule has 2 amide bonds. The first-order valence-corrected chi connectivity index (χ1v) is 11.0. The molecule has 8 heteroatoms. The summed E-state index contributed by atoms with van der Waals surface area (Å²) in [6.45, 7) is 5.53. The van der Waals surface area contributed by atoms with Gasteiger partial charge in [-0.1, -0.05) is 37.8 Å². The summed E-state index contributed by atoms with van der Waals surface area (Å²) in [6.07, 6.45) is 4.39. The largest absolute Gasteiger partial charge is 0.336 e. The lowest BCUT2D eigenvalue weighted by Crippen LogP contribution is -2.54. The number of piperazine rings is 1. The van der Waals surface area contributed by atoms with Gasteiger partial charge in [0.15, 0.2) is 0 Å². The van der Waals surface area contributed by atoms with Crippen LogP contribution in [0.25, 0.3) is 0 Å². The second kappa shape index (κ2) is 9.58. The van der Waals surface area contributed by atoms with E-state index < -0.39 is 10.0 Å². The van der Waals surface area contributed by atoms with E-state index in [0.29, 0.717) is 31.2 Å². The van der Waals surface area contributed by atoms with Crippen LogP contribution in [0.5, 0.6) is 0 Å². The smallest absolute Gasteiger partial charge is 0.317 e. The normalized spacial score (nSPS) is 17.1. The van der Waals surface area contributed by atoms with E-state index in [-0.39, 0.29) is 17.0 Å². The van der Waals surface area contributed by atoms with Crippen molar-refractivity contribution >= 4 is 27.7 Å². The molecule has 1 unspecified atom stereocenters. The Hall–Kier alpha value is -1.31. The Balaban J connectivity index is 1.86. The highest BCUT2D eigenvalue weighted by molar-refractivity contribution is 7.89. The van der Waals surface area contributed by atoms with E-state index in [1.807, 2.05) is 6.92 Å². The zero-order chi connectivity index (χ0) is 19.2. The minimum atomic E-state index is -3.55. The third-order valence-electron chi connectivity index (χ3n) is 4.59. The summed E-state index contributed by atoms with van der Waals surface area (Å²) in [5.41, 5.74) is 0. The predicted octanol–water partition coefficient (Wildman–Crippen LogP) is 3.32. The molecule has 0 saturated carbocycles. The molecule has 1 saturated heterocycles. The van der Waals surface area contributed by atoms with Crippen molar-refractivity contribution < 1.29 is 13.2 Å². The first kappa shape index (κ1) is 21.0. The van der Waals surface area contributed by atoms with Gasteiger partial charge < -0.3 is 10.2 Å². The standard InChI is InChI=1S/C18H28ClN3O3S/c1-3-4-5-6-15(2)20-18(23)21-11-13-22(14-12-21)26(24,25)17-9-7-16(19)8-10-17/h7-10,15H,3-6,11-14H2,1-2H3,(H,20,23). The first-order valence-electron chi connectivity index (χ1n) is 9.15. The predicted molar refractivity (Wildman–Crippen MR) is 104 cm³/mol. The van der Waals surface area contributed by atoms with Crippen LogP contribution >= 0.6 is 11.6 Å². The molecule has 1 aromatic rings. The lowest BCUT2D eigenvalue weighted by Gasteiger charge is -2.34. The van der Waals surface area contributed by atoms with Gasteiger partial charge in [-0.25, -0.2) is 13.2 Å². The molecular weight excluding hydrogens is 374 g/mol. The molecule has 1 atom stereocenters. The van der Waals surface area contributed by atoms with Crippen LogP contribution in [0, 0.1) is 0 Å². The maximum atomic E-state index is 12.7. The van der Waals surface area contributed by atoms with Crippen LogP contribution in [0.15, 0.2) is 29.2 Å². The molecule has 1 aliphatic rings. The van der Waals surface area contributed by atoms with Gasteiger partial charge in [-0.15, -0.1) is 0 Å². The fourth-order valence-electron chi connectivity index (χ4n) is 2.96. The van der Waals surface area contributed by atoms with Crippen molar-refractivity contribution in [1.82, 2.24) is 14.5 Å². The number of nitrogens with one attached hydrogen (secondary N) is 1. The van der Waals surface area contributed by atoms with Crippen LogP contribution in [0.2, 0.25) is 5.02 Å². The van der Waals surface area contributed by atoms with Crippen LogP contribution in [0.3, 0.4) is 0 Å². The van der Waals surface area contributed by atoms with Crippen molar-refractivity contribution in [2.45, 2.75) is 50.5 Å². The van der Waals surface area contributed by atoms with Crippen molar-refractivity contribution in [3.8, 4) is 0 Å². The summed E-state index contributed by atoms with van der Waals surface area (Å²) in [5, 5.41) is 3.50. The Bertz CT molecular complexity index is 686. The Morgan fingerprint density at radius 3 is 2.35 bits per heavy atom. The molecule has 0 bridgehead atoms. The number of sulfonamides is 1. The van der Waals surface area contributed by atoms with Crippen molar-refractivity contribution in [3.05, 3.63) is 29.3 Å². The second-order valence-corrected chi connectivity index (χ2v) is 9.07. The summed E-state index contributed by atoms with van der Waals surface area (Å²) in [4.78, 5) is 14.2. The fourth-order valence-corrected chi connectivity index (χ4v) is 4.51. The van der Waals surface area contributed by atoms with Gasteiger partial charge in [0.25, 0.3) is 0 Å². The molecule has 26 heavy (non-hydrogen) atoms. The number of urea groups is 1. The van der Waals surface area contributed by atoms with E-state index in [1.54, 1.807) is 17.0 Å². The molecule has 1 aliphatic heterocycles. The number of amides is 2. The molecule has 0 aliphatic carbocycles. The number of nitrogens with zero attached hydrogens (tertiary/aromatic N) is 2. The van der Waals surface area contributed by atoms with E-state index in [0.717, 1.165) is 19.3 Å². The van der Waals surface area contributed by atoms with Crippen molar-refractivity contribution in [3.63, 3.8) is 0 Å². The Kier molecular flexibility index (Phi) is 7.73. The van der Waals surface area contributed by atoms with Gasteiger partial charge >= 0.3 is 6.03 Å². The number of hydrogen-bond donors (Lipinski definition) is 1. The van der Waals surface area contributed by atoms with Crippen LogP contribution in [-0.4, -0.2) is 55.9 Å². The molecule has 0 spiro atoms. The van der Waals surface area contributed by atoms with Gasteiger partial charge in [-0.2, -0.15) is 4.31 Å². The molecular formula is C18H28ClN3O3S. The van der Waals surface area contributed by atoms with E-state index in [9.17, 15) is 13.2 Å². The quantitative estimate of drug-likeness (QED) is 0.712. The Morgan fingerprint density at radius 1 is 1.15 bits per heavy atom. The highest BCUT2D eigenvalue weighted by Crippen LogP contribution is 2.20. The molecule has 1 fully saturated rings. The summed E-state index contributed by atoms with van der Waals surface area (Å²) in [6, 6.07) is 6.17. The lowest BCUT2D eigenvalue weighted by molar-refractivity contribution is 0.169. The number of carbonyl (C=O) groups excluding carboxylic acids is 1. The number of hydrogen-bond acceptors (Lipinski definition) is 3. The summed E-state index contributed by atoms with van der Waals surface area (Å²) >= 11 is 5.82. The average Bonchev–Trinajstić information content (AvgIpc) is 2.62. The van der Waals surface area contributed by atoms with Crippen molar-refractivity contribution in [2.24, 2.45) is 0 Å². The number of carbonyl (C=O) groups is 1. The maximum absolute atomic E-state index is 12.7. The topological polar surface area (TPSA) is 69.7 Å². The summed E-state index contributed by atoms with van der Waals surface area (Å²) in [7, 11) is -3.55. The Morgan fingerprint density at radius 2 is 1.77 bits per heavy atom. The van der Waals surface area contributed by atoms with Crippen LogP contribution < -0.4 is 5.32 Å². The fraction of sp³-hybridized carbons (Fsp3) is 0.611. The summed E-state index contributed by atoms with van der Waals surface area (Å²) in [5.74, 6) is 0. The minimum Gasteiger partial charge on any atom is -0.336 e. The highest BCUT2D eigenvalue weighted by atomic mass is 35.5. The van der Waals surface area contributed by atoms with Crippen LogP contribution in [-0.2, 0) is 10.0 Å². The van der Waals surface area contributed by atoms with Gasteiger partial charge in [-0.05, 0) is 37.6 Å². The van der Waals surface area contributed by atoms with Gasteiger partial charge in [0, 0.05) is 37.2 Å². The second-order valence-electron chi connectivity index (χ2n) is 6.69. The van der Waals surface area contributed by atoms with Gasteiger partial charge in [0.2, 0.25) is 10.0 Å². The molecule has 6 nitrogen and oxygen atoms in total. The number of rotatable bonds is 7. The molecule has 1 aromatic carbocycles. The maximum Gasteiger partial charge on any atom is 0.317 e. The van der Waals surface area contributed by atoms with E-state index in [2.05, 4.69) is 12.2 Å². The highest BCUT2D eigenvalue weighted by Gasteiger charge is 2.30. The number of benzene rings is 1. The zero-order valence-electron chi connectivity index (χ0n) is 15.4. The monoisotopic (exact) mass is 401 g/mol. The minimum absolute atomic E-state index is 0.113. The number of unbranched alkanes of at least 4 members (excludes halogenated alkanes) is 2. The van der Waals surface area contributed by atoms with Crippen molar-refractivity contribution in [1.29, 1.82) is 0 Å². The third kappa shape index (κ3) is 5.59. The molecule has 0 radical (unpaired) electrons.